The van der Waals surface area contributed by atoms with Gasteiger partial charge >= 0.3 is 0 Å². The van der Waals surface area contributed by atoms with Gasteiger partial charge in [0.1, 0.15) is 6.04 Å². The van der Waals surface area contributed by atoms with E-state index in [-0.39, 0.29) is 16.8 Å². The lowest BCUT2D eigenvalue weighted by Gasteiger charge is -2.20. The second-order valence-corrected chi connectivity index (χ2v) is 8.99. The molecule has 0 spiro atoms. The normalized spacial score (nSPS) is 16.7. The van der Waals surface area contributed by atoms with Crippen LogP contribution in [0, 0.1) is 0 Å². The molecule has 1 atom stereocenters. The molecule has 2 aromatic rings. The first kappa shape index (κ1) is 18.3. The smallest absolute Gasteiger partial charge is 0.247 e. The third kappa shape index (κ3) is 4.20. The monoisotopic (exact) mass is 374 g/mol. The summed E-state index contributed by atoms with van der Waals surface area (Å²) in [5.74, 6) is -0.176. The van der Waals surface area contributed by atoms with Crippen LogP contribution in [-0.2, 0) is 21.2 Å². The van der Waals surface area contributed by atoms with E-state index in [4.69, 9.17) is 0 Å². The van der Waals surface area contributed by atoms with E-state index in [0.717, 1.165) is 11.3 Å². The van der Waals surface area contributed by atoms with E-state index >= 15 is 0 Å². The van der Waals surface area contributed by atoms with E-state index in [1.165, 1.54) is 12.1 Å². The molecule has 138 valence electrons. The summed E-state index contributed by atoms with van der Waals surface area (Å²) in [4.78, 5) is 16.6. The first-order chi connectivity index (χ1) is 12.1. The topological polar surface area (TPSA) is 100 Å². The van der Waals surface area contributed by atoms with Crippen molar-refractivity contribution < 1.29 is 13.2 Å². The van der Waals surface area contributed by atoms with Crippen molar-refractivity contribution in [3.8, 4) is 0 Å². The number of carbonyl (C=O) groups excluding carboxylic acids is 1. The van der Waals surface area contributed by atoms with E-state index in [2.05, 4.69) is 20.3 Å². The highest BCUT2D eigenvalue weighted by Gasteiger charge is 2.27. The molecule has 2 heterocycles. The first-order valence-electron chi connectivity index (χ1n) is 8.28. The van der Waals surface area contributed by atoms with Crippen LogP contribution in [0.5, 0.6) is 0 Å². The Kier molecular flexibility index (Phi) is 4.72. The van der Waals surface area contributed by atoms with Gasteiger partial charge < -0.3 is 10.6 Å². The number of pyridine rings is 1. The van der Waals surface area contributed by atoms with Crippen LogP contribution in [0.15, 0.2) is 47.6 Å². The van der Waals surface area contributed by atoms with E-state index in [1.54, 1.807) is 45.3 Å². The summed E-state index contributed by atoms with van der Waals surface area (Å²) < 4.78 is 27.2. The zero-order valence-corrected chi connectivity index (χ0v) is 15.7. The Morgan fingerprint density at radius 1 is 1.19 bits per heavy atom. The molecule has 1 aromatic carbocycles. The van der Waals surface area contributed by atoms with Crippen LogP contribution in [0.25, 0.3) is 0 Å². The molecule has 3 N–H and O–H groups in total. The number of fused-ring (bicyclic) bond motifs is 1. The molecule has 0 saturated carbocycles. The number of nitrogens with one attached hydrogen (secondary N) is 3. The maximum Gasteiger partial charge on any atom is 0.247 e. The van der Waals surface area contributed by atoms with Gasteiger partial charge in [-0.2, -0.15) is 0 Å². The Balaban J connectivity index is 1.66. The maximum absolute atomic E-state index is 12.4. The summed E-state index contributed by atoms with van der Waals surface area (Å²) in [7, 11) is -3.60. The molecule has 0 fully saturated rings. The molecule has 1 aromatic heterocycles. The van der Waals surface area contributed by atoms with Crippen LogP contribution >= 0.6 is 0 Å². The summed E-state index contributed by atoms with van der Waals surface area (Å²) in [6.07, 6.45) is 3.99. The Morgan fingerprint density at radius 2 is 1.88 bits per heavy atom. The van der Waals surface area contributed by atoms with E-state index < -0.39 is 15.6 Å². The molecule has 0 radical (unpaired) electrons. The number of nitrogens with zero attached hydrogens (tertiary/aromatic N) is 1. The number of sulfonamides is 1. The van der Waals surface area contributed by atoms with E-state index in [9.17, 15) is 13.2 Å². The predicted octanol–water partition coefficient (Wildman–Crippen LogP) is 2.13. The molecule has 0 saturated heterocycles. The summed E-state index contributed by atoms with van der Waals surface area (Å²) in [6, 6.07) is 7.58. The second-order valence-electron chi connectivity index (χ2n) is 7.30. The zero-order chi connectivity index (χ0) is 18.9. The highest BCUT2D eigenvalue weighted by atomic mass is 32.2. The third-order valence-electron chi connectivity index (χ3n) is 3.85. The van der Waals surface area contributed by atoms with Gasteiger partial charge in [0.15, 0.2) is 0 Å². The average molecular weight is 374 g/mol. The molecule has 0 aliphatic carbocycles. The van der Waals surface area contributed by atoms with Crippen LogP contribution in [0.1, 0.15) is 26.3 Å². The van der Waals surface area contributed by atoms with Gasteiger partial charge in [0.05, 0.1) is 4.90 Å². The minimum absolute atomic E-state index is 0.155. The average Bonchev–Trinajstić information content (AvgIpc) is 2.97. The van der Waals surface area contributed by atoms with Crippen LogP contribution < -0.4 is 15.4 Å². The van der Waals surface area contributed by atoms with Crippen molar-refractivity contribution in [2.24, 2.45) is 0 Å². The van der Waals surface area contributed by atoms with Crippen LogP contribution in [0.2, 0.25) is 0 Å². The van der Waals surface area contributed by atoms with Crippen molar-refractivity contribution in [1.82, 2.24) is 9.71 Å². The lowest BCUT2D eigenvalue weighted by atomic mass is 10.1. The molecule has 8 heteroatoms. The van der Waals surface area contributed by atoms with Crippen molar-refractivity contribution in [3.63, 3.8) is 0 Å². The predicted molar refractivity (Wildman–Crippen MR) is 100 cm³/mol. The molecule has 7 nitrogen and oxygen atoms in total. The number of hydrogen-bond acceptors (Lipinski definition) is 5. The lowest BCUT2D eigenvalue weighted by molar-refractivity contribution is -0.116. The summed E-state index contributed by atoms with van der Waals surface area (Å²) in [6.45, 7) is 5.34. The number of rotatable bonds is 4. The molecule has 1 aliphatic rings. The van der Waals surface area contributed by atoms with Gasteiger partial charge in [0.2, 0.25) is 15.9 Å². The molecular formula is C18H22N4O3S. The number of anilines is 2. The summed E-state index contributed by atoms with van der Waals surface area (Å²) >= 11 is 0. The molecule has 0 bridgehead atoms. The molecular weight excluding hydrogens is 352 g/mol. The SMILES string of the molecule is CC(C)(C)NS(=O)(=O)c1ccc(NC(=O)C2Cc3cnccc3N2)cc1. The Hall–Kier alpha value is -2.45. The Morgan fingerprint density at radius 3 is 2.50 bits per heavy atom. The number of aromatic nitrogens is 1. The summed E-state index contributed by atoms with van der Waals surface area (Å²) in [5.41, 5.74) is 1.89. The molecule has 1 amide bonds. The third-order valence-corrected chi connectivity index (χ3v) is 5.62. The fourth-order valence-electron chi connectivity index (χ4n) is 2.76. The standard InChI is InChI=1S/C18H22N4O3S/c1-18(2,3)22-26(24,25)14-6-4-13(5-7-14)20-17(23)16-10-12-11-19-9-8-15(12)21-16/h4-9,11,16,21-22H,10H2,1-3H3,(H,20,23). The zero-order valence-electron chi connectivity index (χ0n) is 14.9. The van der Waals surface area contributed by atoms with Crippen LogP contribution in [0.3, 0.4) is 0 Å². The van der Waals surface area contributed by atoms with Gasteiger partial charge in [0.25, 0.3) is 0 Å². The molecule has 1 aliphatic heterocycles. The first-order valence-corrected chi connectivity index (χ1v) is 9.77. The quantitative estimate of drug-likeness (QED) is 0.761. The van der Waals surface area contributed by atoms with Gasteiger partial charge in [-0.05, 0) is 56.7 Å². The largest absolute Gasteiger partial charge is 0.373 e. The minimum Gasteiger partial charge on any atom is -0.373 e. The van der Waals surface area contributed by atoms with Gasteiger partial charge in [-0.3, -0.25) is 9.78 Å². The van der Waals surface area contributed by atoms with Crippen LogP contribution in [-0.4, -0.2) is 30.9 Å². The van der Waals surface area contributed by atoms with Gasteiger partial charge in [-0.15, -0.1) is 0 Å². The van der Waals surface area contributed by atoms with E-state index in [0.29, 0.717) is 12.1 Å². The summed E-state index contributed by atoms with van der Waals surface area (Å²) in [5, 5.41) is 5.97. The molecule has 26 heavy (non-hydrogen) atoms. The highest BCUT2D eigenvalue weighted by Crippen LogP contribution is 2.25. The van der Waals surface area contributed by atoms with Crippen molar-refractivity contribution in [2.75, 3.05) is 10.6 Å². The van der Waals surface area contributed by atoms with Gasteiger partial charge in [-0.1, -0.05) is 0 Å². The van der Waals surface area contributed by atoms with Crippen LogP contribution in [0.4, 0.5) is 11.4 Å². The van der Waals surface area contributed by atoms with Crippen molar-refractivity contribution in [1.29, 1.82) is 0 Å². The molecule has 1 unspecified atom stereocenters. The van der Waals surface area contributed by atoms with E-state index in [1.807, 2.05) is 6.07 Å². The fourth-order valence-corrected chi connectivity index (χ4v) is 4.17. The van der Waals surface area contributed by atoms with Crippen molar-refractivity contribution in [2.45, 2.75) is 43.7 Å². The number of amides is 1. The minimum atomic E-state index is -3.60. The lowest BCUT2D eigenvalue weighted by Crippen LogP contribution is -2.40. The number of benzene rings is 1. The maximum atomic E-state index is 12.4. The Labute approximate surface area is 153 Å². The fraction of sp³-hybridized carbons (Fsp3) is 0.333. The van der Waals surface area contributed by atoms with Gasteiger partial charge in [-0.25, -0.2) is 13.1 Å². The highest BCUT2D eigenvalue weighted by molar-refractivity contribution is 7.89. The van der Waals surface area contributed by atoms with Gasteiger partial charge in [0, 0.05) is 35.7 Å². The van der Waals surface area contributed by atoms with Crippen molar-refractivity contribution >= 4 is 27.3 Å². The Bertz CT molecular complexity index is 893. The van der Waals surface area contributed by atoms with Crippen molar-refractivity contribution in [3.05, 3.63) is 48.3 Å². The number of carbonyl (C=O) groups is 1. The molecule has 3 rings (SSSR count). The second kappa shape index (κ2) is 6.69. The number of hydrogen-bond donors (Lipinski definition) is 3.